The van der Waals surface area contributed by atoms with Gasteiger partial charge in [0, 0.05) is 41.2 Å². The lowest BCUT2D eigenvalue weighted by atomic mass is 9.70. The van der Waals surface area contributed by atoms with Crippen molar-refractivity contribution in [2.45, 2.75) is 18.3 Å². The molecule has 65 heavy (non-hydrogen) atoms. The third-order valence-corrected chi connectivity index (χ3v) is 14.4. The van der Waals surface area contributed by atoms with Crippen molar-refractivity contribution in [3.05, 3.63) is 263 Å². The molecule has 0 unspecified atom stereocenters. The minimum absolute atomic E-state index is 0.481. The summed E-state index contributed by atoms with van der Waals surface area (Å²) in [5.41, 5.74) is 23.3. The Morgan fingerprint density at radius 1 is 0.369 bits per heavy atom. The van der Waals surface area contributed by atoms with E-state index >= 15 is 0 Å². The average molecular weight is 829 g/mol. The van der Waals surface area contributed by atoms with Gasteiger partial charge < -0.3 is 9.47 Å². The molecule has 304 valence electrons. The highest BCUT2D eigenvalue weighted by atomic mass is 15.1. The normalized spacial score (nSPS) is 13.8. The second-order valence-electron chi connectivity index (χ2n) is 17.6. The van der Waals surface area contributed by atoms with Crippen LogP contribution < -0.4 is 4.90 Å². The molecule has 11 aromatic rings. The SMILES string of the molecule is c1ccc(N2c3ccccc3Cc3cc(-n4c5ccccc5c5ccccc54)cnc3-c3ncccc3Cc3cc4c(cc32)C2(c3ccccc3-c3ccccc32)c2ccccc2-4)cc1. The van der Waals surface area contributed by atoms with Crippen molar-refractivity contribution in [3.63, 3.8) is 0 Å². The molecule has 0 saturated heterocycles. The molecule has 3 aromatic heterocycles. The minimum Gasteiger partial charge on any atom is -0.310 e. The molecule has 0 saturated carbocycles. The average Bonchev–Trinajstić information content (AvgIpc) is 3.96. The van der Waals surface area contributed by atoms with Crippen LogP contribution in [0.3, 0.4) is 0 Å². The first-order chi connectivity index (χ1) is 32.3. The van der Waals surface area contributed by atoms with Crippen molar-refractivity contribution in [3.8, 4) is 39.3 Å². The van der Waals surface area contributed by atoms with Gasteiger partial charge in [-0.2, -0.15) is 0 Å². The summed E-state index contributed by atoms with van der Waals surface area (Å²) >= 11 is 0. The van der Waals surface area contributed by atoms with Crippen LogP contribution >= 0.6 is 0 Å². The van der Waals surface area contributed by atoms with E-state index in [1.807, 2.05) is 12.4 Å². The lowest BCUT2D eigenvalue weighted by Crippen LogP contribution is -2.26. The van der Waals surface area contributed by atoms with Crippen LogP contribution in [0.1, 0.15) is 44.5 Å². The summed E-state index contributed by atoms with van der Waals surface area (Å²) in [6, 6.07) is 76.3. The first kappa shape index (κ1) is 36.2. The molecule has 4 nitrogen and oxygen atoms in total. The summed E-state index contributed by atoms with van der Waals surface area (Å²) in [7, 11) is 0. The molecular weight excluding hydrogens is 789 g/mol. The smallest absolute Gasteiger partial charge is 0.0926 e. The number of pyridine rings is 2. The van der Waals surface area contributed by atoms with E-state index in [1.54, 1.807) is 0 Å². The molecule has 0 radical (unpaired) electrons. The Morgan fingerprint density at radius 3 is 1.63 bits per heavy atom. The van der Waals surface area contributed by atoms with Gasteiger partial charge in [-0.15, -0.1) is 0 Å². The van der Waals surface area contributed by atoms with Crippen LogP contribution in [0.5, 0.6) is 0 Å². The molecule has 0 fully saturated rings. The second kappa shape index (κ2) is 13.8. The number of benzene rings is 8. The summed E-state index contributed by atoms with van der Waals surface area (Å²) in [6.07, 6.45) is 5.29. The van der Waals surface area contributed by atoms with Crippen molar-refractivity contribution in [2.75, 3.05) is 4.90 Å². The van der Waals surface area contributed by atoms with Gasteiger partial charge in [0.25, 0.3) is 0 Å². The van der Waals surface area contributed by atoms with Crippen molar-refractivity contribution >= 4 is 38.9 Å². The van der Waals surface area contributed by atoms with Gasteiger partial charge >= 0.3 is 0 Å². The van der Waals surface area contributed by atoms with Crippen molar-refractivity contribution < 1.29 is 0 Å². The van der Waals surface area contributed by atoms with Crippen LogP contribution in [0.2, 0.25) is 0 Å². The molecule has 1 spiro atoms. The van der Waals surface area contributed by atoms with Gasteiger partial charge in [-0.1, -0.05) is 152 Å². The van der Waals surface area contributed by atoms with Crippen LogP contribution in [-0.4, -0.2) is 14.5 Å². The third kappa shape index (κ3) is 5.08. The highest BCUT2D eigenvalue weighted by Crippen LogP contribution is 2.64. The lowest BCUT2D eigenvalue weighted by molar-refractivity contribution is 0.793. The Kier molecular flexibility index (Phi) is 7.70. The van der Waals surface area contributed by atoms with Crippen LogP contribution in [0.25, 0.3) is 61.1 Å². The predicted octanol–water partition coefficient (Wildman–Crippen LogP) is 14.5. The van der Waals surface area contributed by atoms with Gasteiger partial charge in [0.1, 0.15) is 0 Å². The Morgan fingerprint density at radius 2 is 0.923 bits per heavy atom. The van der Waals surface area contributed by atoms with E-state index in [0.717, 1.165) is 56.3 Å². The van der Waals surface area contributed by atoms with Crippen molar-refractivity contribution in [1.82, 2.24) is 14.5 Å². The monoisotopic (exact) mass is 828 g/mol. The second-order valence-corrected chi connectivity index (χ2v) is 17.6. The molecular formula is C61H40N4. The van der Waals surface area contributed by atoms with Gasteiger partial charge in [0.2, 0.25) is 0 Å². The van der Waals surface area contributed by atoms with Gasteiger partial charge in [-0.3, -0.25) is 9.97 Å². The number of fused-ring (bicyclic) bond motifs is 18. The van der Waals surface area contributed by atoms with E-state index in [1.165, 1.54) is 66.4 Å². The molecule has 0 N–H and O–H groups in total. The quantitative estimate of drug-likeness (QED) is 0.174. The number of hydrogen-bond acceptors (Lipinski definition) is 3. The van der Waals surface area contributed by atoms with Crippen LogP contribution in [-0.2, 0) is 18.3 Å². The summed E-state index contributed by atoms with van der Waals surface area (Å²) < 4.78 is 2.37. The fourth-order valence-electron chi connectivity index (χ4n) is 11.8. The summed E-state index contributed by atoms with van der Waals surface area (Å²) in [5, 5.41) is 2.46. The number of hydrogen-bond donors (Lipinski definition) is 0. The summed E-state index contributed by atoms with van der Waals surface area (Å²) in [4.78, 5) is 13.1. The van der Waals surface area contributed by atoms with E-state index in [-0.39, 0.29) is 0 Å². The molecule has 4 heteroatoms. The summed E-state index contributed by atoms with van der Waals surface area (Å²) in [6.45, 7) is 0. The van der Waals surface area contributed by atoms with E-state index in [0.29, 0.717) is 12.8 Å². The molecule has 4 heterocycles. The molecule has 0 amide bonds. The maximum Gasteiger partial charge on any atom is 0.0926 e. The maximum absolute atomic E-state index is 5.42. The Labute approximate surface area is 377 Å². The highest BCUT2D eigenvalue weighted by Gasteiger charge is 2.52. The van der Waals surface area contributed by atoms with Crippen LogP contribution in [0, 0.1) is 0 Å². The van der Waals surface area contributed by atoms with E-state index in [4.69, 9.17) is 9.97 Å². The van der Waals surface area contributed by atoms with Crippen LogP contribution in [0.4, 0.5) is 17.1 Å². The van der Waals surface area contributed by atoms with E-state index in [2.05, 4.69) is 216 Å². The van der Waals surface area contributed by atoms with Gasteiger partial charge in [0.05, 0.1) is 45.4 Å². The highest BCUT2D eigenvalue weighted by molar-refractivity contribution is 6.09. The number of anilines is 3. The summed E-state index contributed by atoms with van der Waals surface area (Å²) in [5.74, 6) is 0. The zero-order valence-corrected chi connectivity index (χ0v) is 35.5. The van der Waals surface area contributed by atoms with Gasteiger partial charge in [-0.05, 0) is 121 Å². The standard InChI is InChI=1S/C61H40N4/c1-2-19-43(20-3-1)64-55-29-13-4-17-39(55)33-42-35-44(65-56-30-14-8-24-48(56)49-25-9-15-31-57(49)65)38-63-60(42)59-40(18-16-32-62-59)34-41-36-50-47-23-7-12-28-53(47)61(54(50)37-58(41)64)51-26-10-5-21-45(51)46-22-6-11-27-52(46)61/h1-32,35-38H,33-34H2. The van der Waals surface area contributed by atoms with Crippen molar-refractivity contribution in [2.24, 2.45) is 0 Å². The zero-order valence-electron chi connectivity index (χ0n) is 35.5. The third-order valence-electron chi connectivity index (χ3n) is 14.4. The Balaban J connectivity index is 1.06. The number of nitrogens with zero attached hydrogens (tertiary/aromatic N) is 4. The molecule has 14 rings (SSSR count). The fraction of sp³-hybridized carbons (Fsp3) is 0.0492. The molecule has 0 atom stereocenters. The molecule has 3 aliphatic rings. The molecule has 0 bridgehead atoms. The Hall–Kier alpha value is -8.34. The van der Waals surface area contributed by atoms with E-state index < -0.39 is 5.41 Å². The Bertz CT molecular complexity index is 3650. The predicted molar refractivity (Wildman–Crippen MR) is 265 cm³/mol. The maximum atomic E-state index is 5.42. The van der Waals surface area contributed by atoms with Crippen molar-refractivity contribution in [1.29, 1.82) is 0 Å². The number of rotatable bonds is 2. The van der Waals surface area contributed by atoms with E-state index in [9.17, 15) is 0 Å². The molecule has 2 aliphatic carbocycles. The number of aromatic nitrogens is 3. The fourth-order valence-corrected chi connectivity index (χ4v) is 11.8. The minimum atomic E-state index is -0.481. The first-order valence-electron chi connectivity index (χ1n) is 22.6. The first-order valence-corrected chi connectivity index (χ1v) is 22.6. The lowest BCUT2D eigenvalue weighted by Gasteiger charge is -2.34. The largest absolute Gasteiger partial charge is 0.310 e. The molecule has 1 aliphatic heterocycles. The topological polar surface area (TPSA) is 34.0 Å². The van der Waals surface area contributed by atoms with Gasteiger partial charge in [0.15, 0.2) is 0 Å². The van der Waals surface area contributed by atoms with Gasteiger partial charge in [-0.25, -0.2) is 0 Å². The van der Waals surface area contributed by atoms with Crippen LogP contribution in [0.15, 0.2) is 219 Å². The number of para-hydroxylation sites is 4. The zero-order chi connectivity index (χ0) is 42.6. The molecule has 8 aromatic carbocycles.